The van der Waals surface area contributed by atoms with E-state index in [1.165, 1.54) is 16.2 Å². The highest BCUT2D eigenvalue weighted by Gasteiger charge is 2.28. The topological polar surface area (TPSA) is 63.0 Å². The molecule has 1 aliphatic heterocycles. The summed E-state index contributed by atoms with van der Waals surface area (Å²) in [4.78, 5) is 11.0. The molecule has 0 saturated carbocycles. The molecule has 9 aromatic carbocycles. The van der Waals surface area contributed by atoms with Crippen LogP contribution in [0.5, 0.6) is 0 Å². The Morgan fingerprint density at radius 3 is 1.91 bits per heavy atom. The molecule has 5 nitrogen and oxygen atoms in total. The van der Waals surface area contributed by atoms with Crippen molar-refractivity contribution in [3.05, 3.63) is 193 Å². The van der Waals surface area contributed by atoms with E-state index in [4.69, 9.17) is 18.8 Å². The number of rotatable bonds is 4. The molecular formula is C51H31N3O2. The molecule has 0 amide bonds. The molecule has 0 aliphatic carbocycles. The third-order valence-electron chi connectivity index (χ3n) is 11.3. The third kappa shape index (κ3) is 4.67. The van der Waals surface area contributed by atoms with Gasteiger partial charge in [-0.3, -0.25) is 0 Å². The van der Waals surface area contributed by atoms with Gasteiger partial charge >= 0.3 is 0 Å². The fourth-order valence-electron chi connectivity index (χ4n) is 8.75. The zero-order valence-corrected chi connectivity index (χ0v) is 30.0. The van der Waals surface area contributed by atoms with Crippen molar-refractivity contribution in [3.63, 3.8) is 0 Å². The molecule has 1 aliphatic rings. The van der Waals surface area contributed by atoms with Crippen molar-refractivity contribution < 1.29 is 8.83 Å². The molecule has 0 spiro atoms. The molecule has 0 bridgehead atoms. The molecule has 262 valence electrons. The van der Waals surface area contributed by atoms with Gasteiger partial charge in [0.1, 0.15) is 34.0 Å². The largest absolute Gasteiger partial charge is 0.456 e. The predicted octanol–water partition coefficient (Wildman–Crippen LogP) is 13.1. The monoisotopic (exact) mass is 717 g/mol. The van der Waals surface area contributed by atoms with Crippen LogP contribution in [0.2, 0.25) is 0 Å². The quantitative estimate of drug-likeness (QED) is 0.184. The SMILES string of the molecule is c1ccc(C2=NC(c3c(-c4cccc5oc6c7ccccc7ccc6c45)ccc4oc5ccccc5c34)N=C(c3ccc4c(ccc5ccccc54)c3)N2)cc1. The number of hydrogen-bond acceptors (Lipinski definition) is 5. The lowest BCUT2D eigenvalue weighted by molar-refractivity contribution is 0.667. The lowest BCUT2D eigenvalue weighted by atomic mass is 9.90. The molecule has 1 atom stereocenters. The highest BCUT2D eigenvalue weighted by Crippen LogP contribution is 2.46. The minimum atomic E-state index is -0.609. The van der Waals surface area contributed by atoms with Gasteiger partial charge in [0.15, 0.2) is 6.17 Å². The van der Waals surface area contributed by atoms with Gasteiger partial charge in [0.05, 0.1) is 0 Å². The summed E-state index contributed by atoms with van der Waals surface area (Å²) in [6.45, 7) is 0. The third-order valence-corrected chi connectivity index (χ3v) is 11.3. The minimum Gasteiger partial charge on any atom is -0.456 e. The van der Waals surface area contributed by atoms with Crippen LogP contribution in [0.3, 0.4) is 0 Å². The molecule has 1 N–H and O–H groups in total. The van der Waals surface area contributed by atoms with E-state index in [-0.39, 0.29) is 0 Å². The number of benzene rings is 9. The van der Waals surface area contributed by atoms with E-state index in [2.05, 4.69) is 151 Å². The molecule has 3 heterocycles. The molecule has 2 aromatic heterocycles. The van der Waals surface area contributed by atoms with Gasteiger partial charge in [0.2, 0.25) is 0 Å². The van der Waals surface area contributed by atoms with E-state index >= 15 is 0 Å². The van der Waals surface area contributed by atoms with Crippen molar-refractivity contribution in [1.82, 2.24) is 5.32 Å². The van der Waals surface area contributed by atoms with Crippen LogP contribution in [0, 0.1) is 0 Å². The van der Waals surface area contributed by atoms with E-state index in [9.17, 15) is 0 Å². The van der Waals surface area contributed by atoms with Crippen molar-refractivity contribution >= 4 is 87.9 Å². The van der Waals surface area contributed by atoms with Gasteiger partial charge in [-0.1, -0.05) is 146 Å². The second kappa shape index (κ2) is 12.0. The van der Waals surface area contributed by atoms with Gasteiger partial charge in [-0.05, 0) is 68.4 Å². The number of fused-ring (bicyclic) bond motifs is 11. The van der Waals surface area contributed by atoms with Gasteiger partial charge in [-0.15, -0.1) is 0 Å². The fraction of sp³-hybridized carbons (Fsp3) is 0.0196. The second-order valence-corrected chi connectivity index (χ2v) is 14.5. The molecule has 11 aromatic rings. The smallest absolute Gasteiger partial charge is 0.171 e. The molecule has 1 unspecified atom stereocenters. The van der Waals surface area contributed by atoms with Crippen LogP contribution in [0.4, 0.5) is 0 Å². The summed E-state index contributed by atoms with van der Waals surface area (Å²) >= 11 is 0. The Morgan fingerprint density at radius 1 is 0.393 bits per heavy atom. The van der Waals surface area contributed by atoms with Crippen LogP contribution >= 0.6 is 0 Å². The van der Waals surface area contributed by atoms with Crippen LogP contribution in [0.25, 0.3) is 87.3 Å². The first-order valence-corrected chi connectivity index (χ1v) is 18.9. The lowest BCUT2D eigenvalue weighted by Gasteiger charge is -2.25. The van der Waals surface area contributed by atoms with Crippen LogP contribution in [-0.2, 0) is 0 Å². The summed E-state index contributed by atoms with van der Waals surface area (Å²) < 4.78 is 13.2. The Labute approximate surface area is 320 Å². The van der Waals surface area contributed by atoms with Gasteiger partial charge < -0.3 is 14.2 Å². The van der Waals surface area contributed by atoms with Crippen molar-refractivity contribution in [2.75, 3.05) is 0 Å². The highest BCUT2D eigenvalue weighted by atomic mass is 16.3. The highest BCUT2D eigenvalue weighted by molar-refractivity contribution is 6.21. The number of amidine groups is 2. The normalized spacial score (nSPS) is 14.6. The van der Waals surface area contributed by atoms with Crippen molar-refractivity contribution in [1.29, 1.82) is 0 Å². The Hall–Kier alpha value is -7.50. The molecule has 0 saturated heterocycles. The summed E-state index contributed by atoms with van der Waals surface area (Å²) in [6, 6.07) is 61.5. The summed E-state index contributed by atoms with van der Waals surface area (Å²) in [5.41, 5.74) is 8.38. The first kappa shape index (κ1) is 30.9. The van der Waals surface area contributed by atoms with Crippen molar-refractivity contribution in [3.8, 4) is 11.1 Å². The van der Waals surface area contributed by atoms with Crippen LogP contribution in [-0.4, -0.2) is 11.7 Å². The van der Waals surface area contributed by atoms with Gasteiger partial charge in [0.25, 0.3) is 0 Å². The summed E-state index contributed by atoms with van der Waals surface area (Å²) in [5.74, 6) is 1.52. The maximum Gasteiger partial charge on any atom is 0.171 e. The number of aliphatic imine (C=N–C) groups is 2. The Kier molecular flexibility index (Phi) is 6.63. The lowest BCUT2D eigenvalue weighted by Crippen LogP contribution is -2.36. The zero-order chi connectivity index (χ0) is 36.7. The van der Waals surface area contributed by atoms with Crippen LogP contribution in [0.15, 0.2) is 195 Å². The Bertz CT molecular complexity index is 3460. The molecule has 0 fully saturated rings. The zero-order valence-electron chi connectivity index (χ0n) is 30.0. The van der Waals surface area contributed by atoms with E-state index in [1.807, 2.05) is 30.3 Å². The van der Waals surface area contributed by atoms with E-state index in [0.29, 0.717) is 0 Å². The average Bonchev–Trinajstić information content (AvgIpc) is 3.85. The summed E-state index contributed by atoms with van der Waals surface area (Å²) in [6.07, 6.45) is -0.609. The summed E-state index contributed by atoms with van der Waals surface area (Å²) in [5, 5.41) is 14.9. The first-order valence-electron chi connectivity index (χ1n) is 18.9. The number of para-hydroxylation sites is 1. The molecule has 12 rings (SSSR count). The second-order valence-electron chi connectivity index (χ2n) is 14.5. The van der Waals surface area contributed by atoms with Crippen LogP contribution < -0.4 is 5.32 Å². The van der Waals surface area contributed by atoms with Crippen molar-refractivity contribution in [2.45, 2.75) is 6.17 Å². The standard InChI is InChI=1S/C51H31N3O2/c1-2-13-32(14-3-1)49-52-50(34-24-25-36-33(29-34)22-21-30-11-4-6-15-35(30)36)54-51(53-49)47-39(27-28-44-46(47)40-17-8-9-19-42(40)55-44)38-18-10-20-43-45(38)41-26-23-31-12-5-7-16-37(31)48(41)56-43/h1-29,51H,(H,52,53,54). The average molecular weight is 718 g/mol. The number of hydrogen-bond donors (Lipinski definition) is 1. The van der Waals surface area contributed by atoms with E-state index in [1.54, 1.807) is 0 Å². The Morgan fingerprint density at radius 2 is 1.04 bits per heavy atom. The van der Waals surface area contributed by atoms with E-state index in [0.717, 1.165) is 99.5 Å². The Balaban J connectivity index is 1.14. The summed E-state index contributed by atoms with van der Waals surface area (Å²) in [7, 11) is 0. The van der Waals surface area contributed by atoms with Gasteiger partial charge in [-0.2, -0.15) is 0 Å². The first-order chi connectivity index (χ1) is 27.7. The molecular weight excluding hydrogens is 687 g/mol. The van der Waals surface area contributed by atoms with Gasteiger partial charge in [-0.25, -0.2) is 9.98 Å². The number of nitrogens with zero attached hydrogens (tertiary/aromatic N) is 2. The minimum absolute atomic E-state index is 0.609. The maximum absolute atomic E-state index is 6.68. The fourth-order valence-corrected chi connectivity index (χ4v) is 8.75. The maximum atomic E-state index is 6.68. The van der Waals surface area contributed by atoms with Crippen LogP contribution in [0.1, 0.15) is 22.9 Å². The molecule has 56 heavy (non-hydrogen) atoms. The molecule has 5 heteroatoms. The molecule has 0 radical (unpaired) electrons. The number of nitrogens with one attached hydrogen (secondary N) is 1. The van der Waals surface area contributed by atoms with Crippen molar-refractivity contribution in [2.24, 2.45) is 9.98 Å². The number of furan rings is 2. The predicted molar refractivity (Wildman–Crippen MR) is 231 cm³/mol. The van der Waals surface area contributed by atoms with Gasteiger partial charge in [0, 0.05) is 43.6 Å². The van der Waals surface area contributed by atoms with E-state index < -0.39 is 6.17 Å².